The third-order valence-electron chi connectivity index (χ3n) is 2.67. The average Bonchev–Trinajstić information content (AvgIpc) is 2.37. The standard InChI is InChI=1S/C14H19NO3S/c1-3-10(2)15-13(16)9-19-12-6-4-11(5-7-12)8-14(17)18/h4-7,10H,3,8-9H2,1-2H3,(H,15,16)(H,17,18). The maximum atomic E-state index is 11.6. The molecule has 2 N–H and O–H groups in total. The van der Waals surface area contributed by atoms with Crippen molar-refractivity contribution in [3.8, 4) is 0 Å². The number of hydrogen-bond acceptors (Lipinski definition) is 3. The van der Waals surface area contributed by atoms with Crippen LogP contribution >= 0.6 is 11.8 Å². The van der Waals surface area contributed by atoms with Gasteiger partial charge in [0.15, 0.2) is 0 Å². The normalized spacial score (nSPS) is 11.9. The van der Waals surface area contributed by atoms with Crippen LogP contribution in [0.3, 0.4) is 0 Å². The number of carbonyl (C=O) groups excluding carboxylic acids is 1. The van der Waals surface area contributed by atoms with Crippen LogP contribution in [0.25, 0.3) is 0 Å². The Kier molecular flexibility index (Phi) is 6.42. The number of hydrogen-bond donors (Lipinski definition) is 2. The fourth-order valence-corrected chi connectivity index (χ4v) is 2.16. The molecule has 1 aromatic carbocycles. The largest absolute Gasteiger partial charge is 0.481 e. The summed E-state index contributed by atoms with van der Waals surface area (Å²) in [7, 11) is 0. The van der Waals surface area contributed by atoms with E-state index in [0.717, 1.165) is 16.9 Å². The summed E-state index contributed by atoms with van der Waals surface area (Å²) in [5, 5.41) is 11.6. The minimum absolute atomic E-state index is 0.0222. The molecule has 0 bridgehead atoms. The van der Waals surface area contributed by atoms with Crippen molar-refractivity contribution >= 4 is 23.6 Å². The molecular formula is C14H19NO3S. The molecule has 1 rings (SSSR count). The van der Waals surface area contributed by atoms with Crippen molar-refractivity contribution in [2.75, 3.05) is 5.75 Å². The molecule has 1 unspecified atom stereocenters. The Morgan fingerprint density at radius 3 is 2.47 bits per heavy atom. The summed E-state index contributed by atoms with van der Waals surface area (Å²) < 4.78 is 0. The van der Waals surface area contributed by atoms with Crippen molar-refractivity contribution in [1.29, 1.82) is 0 Å². The number of carbonyl (C=O) groups is 2. The molecule has 0 aromatic heterocycles. The van der Waals surface area contributed by atoms with Gasteiger partial charge in [0.05, 0.1) is 12.2 Å². The van der Waals surface area contributed by atoms with Crippen LogP contribution in [-0.2, 0) is 16.0 Å². The molecule has 5 heteroatoms. The summed E-state index contributed by atoms with van der Waals surface area (Å²) in [5.74, 6) is -0.440. The topological polar surface area (TPSA) is 66.4 Å². The molecular weight excluding hydrogens is 262 g/mol. The molecule has 0 saturated heterocycles. The number of thioether (sulfide) groups is 1. The van der Waals surface area contributed by atoms with E-state index in [4.69, 9.17) is 5.11 Å². The smallest absolute Gasteiger partial charge is 0.307 e. The summed E-state index contributed by atoms with van der Waals surface area (Å²) >= 11 is 1.45. The summed E-state index contributed by atoms with van der Waals surface area (Å²) in [6, 6.07) is 7.45. The first-order valence-electron chi connectivity index (χ1n) is 6.24. The molecule has 104 valence electrons. The van der Waals surface area contributed by atoms with Gasteiger partial charge in [-0.15, -0.1) is 11.8 Å². The average molecular weight is 281 g/mol. The van der Waals surface area contributed by atoms with Crippen molar-refractivity contribution < 1.29 is 14.7 Å². The van der Waals surface area contributed by atoms with Gasteiger partial charge in [-0.2, -0.15) is 0 Å². The van der Waals surface area contributed by atoms with E-state index in [9.17, 15) is 9.59 Å². The third kappa shape index (κ3) is 6.29. The first-order valence-corrected chi connectivity index (χ1v) is 7.22. The zero-order valence-electron chi connectivity index (χ0n) is 11.2. The molecule has 0 aliphatic heterocycles. The van der Waals surface area contributed by atoms with Gasteiger partial charge in [-0.3, -0.25) is 9.59 Å². The molecule has 0 saturated carbocycles. The van der Waals surface area contributed by atoms with Crippen LogP contribution in [0, 0.1) is 0 Å². The first kappa shape index (κ1) is 15.6. The van der Waals surface area contributed by atoms with E-state index >= 15 is 0 Å². The van der Waals surface area contributed by atoms with Gasteiger partial charge in [-0.25, -0.2) is 0 Å². The summed E-state index contributed by atoms with van der Waals surface area (Å²) in [6.45, 7) is 4.00. The number of nitrogens with one attached hydrogen (secondary N) is 1. The van der Waals surface area contributed by atoms with Gasteiger partial charge >= 0.3 is 5.97 Å². The molecule has 0 aliphatic rings. The molecule has 0 fully saturated rings. The van der Waals surface area contributed by atoms with Crippen molar-refractivity contribution in [3.05, 3.63) is 29.8 Å². The van der Waals surface area contributed by atoms with Gasteiger partial charge < -0.3 is 10.4 Å². The number of rotatable bonds is 7. The Labute approximate surface area is 117 Å². The van der Waals surface area contributed by atoms with Crippen LogP contribution in [0.1, 0.15) is 25.8 Å². The second-order valence-corrected chi connectivity index (χ2v) is 5.43. The van der Waals surface area contributed by atoms with E-state index in [-0.39, 0.29) is 18.4 Å². The lowest BCUT2D eigenvalue weighted by Gasteiger charge is -2.10. The van der Waals surface area contributed by atoms with Crippen LogP contribution in [0.5, 0.6) is 0 Å². The van der Waals surface area contributed by atoms with Gasteiger partial charge in [0.1, 0.15) is 0 Å². The molecule has 1 aromatic rings. The van der Waals surface area contributed by atoms with Crippen LogP contribution < -0.4 is 5.32 Å². The van der Waals surface area contributed by atoms with Gasteiger partial charge in [0.2, 0.25) is 5.91 Å². The molecule has 0 heterocycles. The number of benzene rings is 1. The Bertz CT molecular complexity index is 431. The van der Waals surface area contributed by atoms with Gasteiger partial charge in [0, 0.05) is 10.9 Å². The predicted molar refractivity (Wildman–Crippen MR) is 76.4 cm³/mol. The minimum atomic E-state index is -0.840. The van der Waals surface area contributed by atoms with Crippen LogP contribution in [0.4, 0.5) is 0 Å². The zero-order chi connectivity index (χ0) is 14.3. The highest BCUT2D eigenvalue weighted by atomic mass is 32.2. The lowest BCUT2D eigenvalue weighted by atomic mass is 10.2. The van der Waals surface area contributed by atoms with Gasteiger partial charge in [-0.1, -0.05) is 19.1 Å². The van der Waals surface area contributed by atoms with Gasteiger partial charge in [-0.05, 0) is 31.0 Å². The molecule has 4 nitrogen and oxygen atoms in total. The molecule has 0 spiro atoms. The molecule has 0 aliphatic carbocycles. The van der Waals surface area contributed by atoms with E-state index in [1.165, 1.54) is 11.8 Å². The van der Waals surface area contributed by atoms with Gasteiger partial charge in [0.25, 0.3) is 0 Å². The van der Waals surface area contributed by atoms with Crippen LogP contribution in [-0.4, -0.2) is 28.8 Å². The molecule has 19 heavy (non-hydrogen) atoms. The molecule has 1 amide bonds. The van der Waals surface area contributed by atoms with Crippen molar-refractivity contribution in [3.63, 3.8) is 0 Å². The maximum absolute atomic E-state index is 11.6. The fourth-order valence-electron chi connectivity index (χ4n) is 1.45. The maximum Gasteiger partial charge on any atom is 0.307 e. The highest BCUT2D eigenvalue weighted by molar-refractivity contribution is 8.00. The van der Waals surface area contributed by atoms with E-state index in [1.807, 2.05) is 26.0 Å². The summed E-state index contributed by atoms with van der Waals surface area (Å²) in [5.41, 5.74) is 0.765. The van der Waals surface area contributed by atoms with Crippen molar-refractivity contribution in [1.82, 2.24) is 5.32 Å². The number of carboxylic acid groups (broad SMARTS) is 1. The van der Waals surface area contributed by atoms with Crippen molar-refractivity contribution in [2.45, 2.75) is 37.6 Å². The second-order valence-electron chi connectivity index (χ2n) is 4.38. The lowest BCUT2D eigenvalue weighted by molar-refractivity contribution is -0.136. The summed E-state index contributed by atoms with van der Waals surface area (Å²) in [4.78, 5) is 23.1. The first-order chi connectivity index (χ1) is 9.01. The number of amides is 1. The Hall–Kier alpha value is -1.49. The lowest BCUT2D eigenvalue weighted by Crippen LogP contribution is -2.33. The molecule has 1 atom stereocenters. The monoisotopic (exact) mass is 281 g/mol. The number of carboxylic acids is 1. The zero-order valence-corrected chi connectivity index (χ0v) is 12.0. The molecule has 0 radical (unpaired) electrons. The summed E-state index contributed by atoms with van der Waals surface area (Å²) in [6.07, 6.45) is 0.944. The van der Waals surface area contributed by atoms with E-state index in [1.54, 1.807) is 12.1 Å². The predicted octanol–water partition coefficient (Wildman–Crippen LogP) is 2.32. The third-order valence-corrected chi connectivity index (χ3v) is 3.68. The number of aliphatic carboxylic acids is 1. The van der Waals surface area contributed by atoms with Crippen LogP contribution in [0.15, 0.2) is 29.2 Å². The Morgan fingerprint density at radius 1 is 1.32 bits per heavy atom. The van der Waals surface area contributed by atoms with E-state index < -0.39 is 5.97 Å². The fraction of sp³-hybridized carbons (Fsp3) is 0.429. The van der Waals surface area contributed by atoms with Crippen LogP contribution in [0.2, 0.25) is 0 Å². The Balaban J connectivity index is 2.41. The van der Waals surface area contributed by atoms with E-state index in [0.29, 0.717) is 5.75 Å². The quantitative estimate of drug-likeness (QED) is 0.753. The van der Waals surface area contributed by atoms with Crippen molar-refractivity contribution in [2.24, 2.45) is 0 Å². The highest BCUT2D eigenvalue weighted by Crippen LogP contribution is 2.18. The van der Waals surface area contributed by atoms with E-state index in [2.05, 4.69) is 5.32 Å². The SMILES string of the molecule is CCC(C)NC(=O)CSc1ccc(CC(=O)O)cc1. The minimum Gasteiger partial charge on any atom is -0.481 e. The highest BCUT2D eigenvalue weighted by Gasteiger charge is 2.06. The Morgan fingerprint density at radius 2 is 1.95 bits per heavy atom. The second kappa shape index (κ2) is 7.84.